The van der Waals surface area contributed by atoms with Gasteiger partial charge in [0.1, 0.15) is 6.17 Å². The number of hydrogen-bond donors (Lipinski definition) is 1. The number of hydrogen-bond acceptors (Lipinski definition) is 7. The second kappa shape index (κ2) is 7.77. The summed E-state index contributed by atoms with van der Waals surface area (Å²) in [6.45, 7) is 7.73. The molecule has 0 aromatic heterocycles. The van der Waals surface area contributed by atoms with Crippen LogP contribution in [0.15, 0.2) is 23.8 Å². The number of ketones is 2. The van der Waals surface area contributed by atoms with E-state index in [4.69, 9.17) is 14.2 Å². The van der Waals surface area contributed by atoms with Gasteiger partial charge in [-0.05, 0) is 63.7 Å². The van der Waals surface area contributed by atoms with E-state index in [1.807, 2.05) is 0 Å². The van der Waals surface area contributed by atoms with Gasteiger partial charge in [-0.3, -0.25) is 14.4 Å². The first-order valence-electron chi connectivity index (χ1n) is 12.7. The van der Waals surface area contributed by atoms with Crippen molar-refractivity contribution in [3.8, 4) is 0 Å². The van der Waals surface area contributed by atoms with Crippen molar-refractivity contribution in [3.63, 3.8) is 0 Å². The van der Waals surface area contributed by atoms with Crippen LogP contribution in [0.1, 0.15) is 60.3 Å². The zero-order valence-corrected chi connectivity index (χ0v) is 21.3. The van der Waals surface area contributed by atoms with Gasteiger partial charge in [-0.15, -0.1) is 0 Å². The number of alkyl halides is 2. The molecule has 9 atom stereocenters. The predicted molar refractivity (Wildman–Crippen MR) is 123 cm³/mol. The Kier molecular flexibility index (Phi) is 5.54. The largest absolute Gasteiger partial charge is 0.458 e. The number of allylic oxidation sites excluding steroid dienone is 4. The third-order valence-corrected chi connectivity index (χ3v) is 9.69. The van der Waals surface area contributed by atoms with Crippen LogP contribution in [0, 0.1) is 22.7 Å². The van der Waals surface area contributed by atoms with Gasteiger partial charge >= 0.3 is 5.97 Å². The number of aliphatic hydroxyl groups excluding tert-OH is 1. The standard InChI is InChI=1S/C27H34F2O7/c1-6-22(33)34-13-20(32)27-21(35-23(2,3)36-27)11-15-16-10-18(28)17-9-14(30)7-8-24(17,4)26(16,29)19(31)12-25(15,27)5/h7-9,15-16,18-19,21,31H,6,10-13H2,1-5H3/t15-,16-,18-,19-,21?,24-,25-,26-,27+/m0/s1. The second-order valence-corrected chi connectivity index (χ2v) is 11.9. The molecule has 1 aliphatic heterocycles. The Labute approximate surface area is 209 Å². The minimum atomic E-state index is -2.27. The van der Waals surface area contributed by atoms with Crippen molar-refractivity contribution in [2.75, 3.05) is 6.61 Å². The highest BCUT2D eigenvalue weighted by molar-refractivity contribution is 6.01. The van der Waals surface area contributed by atoms with Crippen molar-refractivity contribution >= 4 is 17.5 Å². The van der Waals surface area contributed by atoms with Gasteiger partial charge in [0, 0.05) is 23.2 Å². The van der Waals surface area contributed by atoms with Crippen LogP contribution < -0.4 is 0 Å². The number of halogens is 2. The summed E-state index contributed by atoms with van der Waals surface area (Å²) < 4.78 is 50.6. The Morgan fingerprint density at radius 1 is 1.19 bits per heavy atom. The summed E-state index contributed by atoms with van der Waals surface area (Å²) in [5, 5.41) is 11.5. The molecule has 0 radical (unpaired) electrons. The lowest BCUT2D eigenvalue weighted by molar-refractivity contribution is -0.249. The molecule has 4 aliphatic carbocycles. The lowest BCUT2D eigenvalue weighted by Crippen LogP contribution is -2.71. The number of carbonyl (C=O) groups is 3. The van der Waals surface area contributed by atoms with E-state index in [2.05, 4.69) is 0 Å². The molecule has 1 heterocycles. The summed E-state index contributed by atoms with van der Waals surface area (Å²) in [4.78, 5) is 37.6. The number of Topliss-reactive ketones (excluding diaryl/α,β-unsaturated/α-hetero) is 1. The van der Waals surface area contributed by atoms with E-state index in [9.17, 15) is 19.5 Å². The summed E-state index contributed by atoms with van der Waals surface area (Å²) in [6, 6.07) is 0. The van der Waals surface area contributed by atoms with E-state index in [0.29, 0.717) is 0 Å². The molecule has 5 rings (SSSR count). The number of esters is 1. The molecule has 0 aromatic carbocycles. The molecule has 1 saturated heterocycles. The molecule has 36 heavy (non-hydrogen) atoms. The van der Waals surface area contributed by atoms with Crippen LogP contribution in [0.4, 0.5) is 8.78 Å². The van der Waals surface area contributed by atoms with Crippen molar-refractivity contribution in [2.45, 2.75) is 95.7 Å². The monoisotopic (exact) mass is 508 g/mol. The van der Waals surface area contributed by atoms with E-state index in [1.165, 1.54) is 19.1 Å². The molecule has 7 nitrogen and oxygen atoms in total. The molecule has 5 aliphatic rings. The average Bonchev–Trinajstić information content (AvgIpc) is 3.21. The molecule has 3 saturated carbocycles. The molecule has 0 bridgehead atoms. The smallest absolute Gasteiger partial charge is 0.305 e. The lowest BCUT2D eigenvalue weighted by Gasteiger charge is -2.63. The number of ether oxygens (including phenoxy) is 3. The lowest BCUT2D eigenvalue weighted by atomic mass is 9.44. The maximum Gasteiger partial charge on any atom is 0.305 e. The Bertz CT molecular complexity index is 1080. The van der Waals surface area contributed by atoms with Crippen LogP contribution in [0.3, 0.4) is 0 Å². The minimum Gasteiger partial charge on any atom is -0.458 e. The van der Waals surface area contributed by atoms with Crippen molar-refractivity contribution in [2.24, 2.45) is 22.7 Å². The van der Waals surface area contributed by atoms with Gasteiger partial charge < -0.3 is 19.3 Å². The number of carbonyl (C=O) groups excluding carboxylic acids is 3. The van der Waals surface area contributed by atoms with Crippen LogP contribution in [0.25, 0.3) is 0 Å². The minimum absolute atomic E-state index is 0.0421. The predicted octanol–water partition coefficient (Wildman–Crippen LogP) is 3.33. The highest BCUT2D eigenvalue weighted by atomic mass is 19.1. The van der Waals surface area contributed by atoms with Gasteiger partial charge in [0.25, 0.3) is 0 Å². The summed E-state index contributed by atoms with van der Waals surface area (Å²) in [5.41, 5.74) is -6.46. The summed E-state index contributed by atoms with van der Waals surface area (Å²) in [5.74, 6) is -4.13. The maximum atomic E-state index is 17.3. The van der Waals surface area contributed by atoms with Gasteiger partial charge in [0.15, 0.2) is 29.4 Å². The van der Waals surface area contributed by atoms with E-state index in [1.54, 1.807) is 27.7 Å². The molecule has 9 heteroatoms. The van der Waals surface area contributed by atoms with Gasteiger partial charge in [-0.2, -0.15) is 0 Å². The SMILES string of the molecule is CCC(=O)OCC(=O)[C@@]12OC(C)(C)OC1C[C@H]1[C@@H]3C[C@H](F)C4=CC(=O)C=C[C@]4(C)[C@@]3(F)[C@@H](O)C[C@@]12C. The van der Waals surface area contributed by atoms with Crippen LogP contribution in [0.2, 0.25) is 0 Å². The Morgan fingerprint density at radius 2 is 1.89 bits per heavy atom. The molecule has 1 unspecified atom stereocenters. The third-order valence-electron chi connectivity index (χ3n) is 9.69. The maximum absolute atomic E-state index is 17.3. The Morgan fingerprint density at radius 3 is 2.56 bits per heavy atom. The fourth-order valence-corrected chi connectivity index (χ4v) is 8.16. The van der Waals surface area contributed by atoms with E-state index >= 15 is 8.78 Å². The second-order valence-electron chi connectivity index (χ2n) is 11.9. The van der Waals surface area contributed by atoms with E-state index < -0.39 is 82.2 Å². The zero-order chi connectivity index (χ0) is 26.5. The van der Waals surface area contributed by atoms with Crippen LogP contribution in [-0.4, -0.2) is 64.7 Å². The average molecular weight is 509 g/mol. The van der Waals surface area contributed by atoms with Crippen molar-refractivity contribution < 1.29 is 42.5 Å². The summed E-state index contributed by atoms with van der Waals surface area (Å²) in [6.07, 6.45) is -0.236. The first kappa shape index (κ1) is 25.7. The molecular formula is C27H34F2O7. The first-order valence-corrected chi connectivity index (χ1v) is 12.7. The van der Waals surface area contributed by atoms with Crippen molar-refractivity contribution in [3.05, 3.63) is 23.8 Å². The molecule has 0 amide bonds. The van der Waals surface area contributed by atoms with Gasteiger partial charge in [-0.25, -0.2) is 8.78 Å². The Hall–Kier alpha value is -1.97. The topological polar surface area (TPSA) is 99.1 Å². The molecule has 1 N–H and O–H groups in total. The van der Waals surface area contributed by atoms with Crippen molar-refractivity contribution in [1.82, 2.24) is 0 Å². The van der Waals surface area contributed by atoms with Gasteiger partial charge in [0.2, 0.25) is 5.78 Å². The fourth-order valence-electron chi connectivity index (χ4n) is 8.16. The van der Waals surface area contributed by atoms with Crippen molar-refractivity contribution in [1.29, 1.82) is 0 Å². The van der Waals surface area contributed by atoms with Gasteiger partial charge in [-0.1, -0.05) is 19.9 Å². The quantitative estimate of drug-likeness (QED) is 0.582. The highest BCUT2D eigenvalue weighted by Crippen LogP contribution is 2.72. The number of rotatable bonds is 4. The molecule has 198 valence electrons. The van der Waals surface area contributed by atoms with Crippen LogP contribution >= 0.6 is 0 Å². The zero-order valence-electron chi connectivity index (χ0n) is 21.3. The van der Waals surface area contributed by atoms with E-state index in [0.717, 1.165) is 6.08 Å². The molecule has 4 fully saturated rings. The molecule has 0 spiro atoms. The summed E-state index contributed by atoms with van der Waals surface area (Å²) >= 11 is 0. The fraction of sp³-hybridized carbons (Fsp3) is 0.741. The van der Waals surface area contributed by atoms with Crippen LogP contribution in [-0.2, 0) is 28.6 Å². The number of fused-ring (bicyclic) bond motifs is 7. The first-order chi connectivity index (χ1) is 16.7. The highest BCUT2D eigenvalue weighted by Gasteiger charge is 2.80. The van der Waals surface area contributed by atoms with E-state index in [-0.39, 0.29) is 31.3 Å². The normalized spacial score (nSPS) is 48.4. The molecule has 0 aromatic rings. The third kappa shape index (κ3) is 3.02. The summed E-state index contributed by atoms with van der Waals surface area (Å²) in [7, 11) is 0. The van der Waals surface area contributed by atoms with Gasteiger partial charge in [0.05, 0.1) is 12.2 Å². The Balaban J connectivity index is 1.60. The van der Waals surface area contributed by atoms with Crippen LogP contribution in [0.5, 0.6) is 0 Å². The number of aliphatic hydroxyl groups is 1. The molecular weight excluding hydrogens is 474 g/mol.